The van der Waals surface area contributed by atoms with Crippen molar-refractivity contribution in [3.05, 3.63) is 93.2 Å². The van der Waals surface area contributed by atoms with Crippen molar-refractivity contribution in [2.24, 2.45) is 0 Å². The summed E-state index contributed by atoms with van der Waals surface area (Å²) in [6.45, 7) is 0.0626. The van der Waals surface area contributed by atoms with Crippen LogP contribution in [0.2, 0.25) is 0 Å². The van der Waals surface area contributed by atoms with Crippen LogP contribution in [0.15, 0.2) is 82.4 Å². The summed E-state index contributed by atoms with van der Waals surface area (Å²) >= 11 is 0. The van der Waals surface area contributed by atoms with Gasteiger partial charge in [0.15, 0.2) is 10.9 Å². The van der Waals surface area contributed by atoms with Gasteiger partial charge in [0.25, 0.3) is 0 Å². The predicted molar refractivity (Wildman–Crippen MR) is 184 cm³/mol. The number of benzene rings is 4. The minimum atomic E-state index is -0.330. The molecule has 6 rings (SSSR count). The topological polar surface area (TPSA) is 142 Å². The molecule has 0 spiro atoms. The van der Waals surface area contributed by atoms with Gasteiger partial charge in [-0.25, -0.2) is 0 Å². The molecule has 0 saturated heterocycles. The number of terminal acetylenes is 2. The molecule has 232 valence electrons. The monoisotopic (exact) mass is 624 g/mol. The summed E-state index contributed by atoms with van der Waals surface area (Å²) in [6.07, 6.45) is 11.0. The molecule has 0 fully saturated rings. The highest BCUT2D eigenvalue weighted by atomic mass is 16.5. The summed E-state index contributed by atoms with van der Waals surface area (Å²) in [4.78, 5) is 58.9. The first-order valence-electron chi connectivity index (χ1n) is 14.8. The largest absolute Gasteiger partial charge is 0.479 e. The third-order valence-corrected chi connectivity index (χ3v) is 7.64. The minimum absolute atomic E-state index is 0.0313. The van der Waals surface area contributed by atoms with Crippen molar-refractivity contribution in [1.29, 1.82) is 0 Å². The van der Waals surface area contributed by atoms with Gasteiger partial charge in [0.1, 0.15) is 24.7 Å². The quantitative estimate of drug-likeness (QED) is 0.118. The highest BCUT2D eigenvalue weighted by Gasteiger charge is 2.16. The Hall–Kier alpha value is -6.52. The molecule has 2 amide bonds. The van der Waals surface area contributed by atoms with E-state index in [4.69, 9.17) is 22.3 Å². The number of pyridine rings is 2. The second-order valence-electron chi connectivity index (χ2n) is 10.7. The van der Waals surface area contributed by atoms with Gasteiger partial charge >= 0.3 is 0 Å². The minimum Gasteiger partial charge on any atom is -0.479 e. The van der Waals surface area contributed by atoms with Crippen LogP contribution in [0.1, 0.15) is 19.3 Å². The second-order valence-corrected chi connectivity index (χ2v) is 10.7. The zero-order valence-corrected chi connectivity index (χ0v) is 25.1. The van der Waals surface area contributed by atoms with Crippen LogP contribution in [0.4, 0.5) is 11.4 Å². The maximum absolute atomic E-state index is 13.3. The maximum Gasteiger partial charge on any atom is 0.224 e. The van der Waals surface area contributed by atoms with Crippen LogP contribution < -0.4 is 31.0 Å². The number of amides is 2. The Morgan fingerprint density at radius 1 is 0.596 bits per heavy atom. The van der Waals surface area contributed by atoms with E-state index in [1.165, 1.54) is 0 Å². The normalized spacial score (nSPS) is 10.9. The van der Waals surface area contributed by atoms with E-state index in [1.807, 2.05) is 0 Å². The summed E-state index contributed by atoms with van der Waals surface area (Å²) in [6, 6.07) is 20.3. The molecule has 0 unspecified atom stereocenters. The number of nitrogens with one attached hydrogen (secondary N) is 4. The number of aromatic nitrogens is 2. The standard InChI is InChI=1S/C37H28N4O6/c1-3-20-46-28-16-7-12-24-34(28)40-32-22(36(24)44)10-5-14-26(32)38-30(42)18-9-19-31(43)39-27-15-6-11-23-33(27)41-35-25(37(23)45)13-8-17-29(35)47-21-4-2/h1-2,5-8,10-17H,9,18-21H2,(H,38,42)(H,39,43)(H,40,44)(H,41,45). The van der Waals surface area contributed by atoms with Crippen molar-refractivity contribution in [3.8, 4) is 36.2 Å². The first-order valence-corrected chi connectivity index (χ1v) is 14.8. The van der Waals surface area contributed by atoms with Crippen LogP contribution in [0.25, 0.3) is 43.6 Å². The van der Waals surface area contributed by atoms with E-state index in [0.717, 1.165) is 0 Å². The van der Waals surface area contributed by atoms with Crippen molar-refractivity contribution < 1.29 is 19.1 Å². The first-order chi connectivity index (χ1) is 22.9. The summed E-state index contributed by atoms with van der Waals surface area (Å²) in [5, 5.41) is 7.38. The van der Waals surface area contributed by atoms with E-state index in [9.17, 15) is 19.2 Å². The van der Waals surface area contributed by atoms with Gasteiger partial charge in [0.2, 0.25) is 11.8 Å². The molecule has 10 heteroatoms. The molecular weight excluding hydrogens is 596 g/mol. The molecule has 2 aromatic heterocycles. The predicted octanol–water partition coefficient (Wildman–Crippen LogP) is 5.45. The van der Waals surface area contributed by atoms with E-state index in [1.54, 1.807) is 72.8 Å². The lowest BCUT2D eigenvalue weighted by Gasteiger charge is -2.13. The molecule has 0 saturated carbocycles. The number of ether oxygens (including phenoxy) is 2. The third-order valence-electron chi connectivity index (χ3n) is 7.64. The molecular formula is C37H28N4O6. The van der Waals surface area contributed by atoms with Crippen molar-refractivity contribution in [2.45, 2.75) is 19.3 Å². The van der Waals surface area contributed by atoms with Crippen molar-refractivity contribution >= 4 is 66.8 Å². The van der Waals surface area contributed by atoms with Crippen LogP contribution in [-0.2, 0) is 9.59 Å². The molecule has 4 N–H and O–H groups in total. The van der Waals surface area contributed by atoms with Crippen LogP contribution in [0.5, 0.6) is 11.5 Å². The number of carbonyl (C=O) groups is 2. The molecule has 4 aromatic carbocycles. The van der Waals surface area contributed by atoms with Gasteiger partial charge in [-0.2, -0.15) is 0 Å². The lowest BCUT2D eigenvalue weighted by Crippen LogP contribution is -2.16. The number of hydrogen-bond donors (Lipinski definition) is 4. The van der Waals surface area contributed by atoms with Gasteiger partial charge in [0.05, 0.1) is 33.4 Å². The lowest BCUT2D eigenvalue weighted by molar-refractivity contribution is -0.117. The Labute approximate surface area is 268 Å². The molecule has 0 atom stereocenters. The highest BCUT2D eigenvalue weighted by Crippen LogP contribution is 2.29. The summed E-state index contributed by atoms with van der Waals surface area (Å²) in [5.74, 6) is 5.01. The Bertz CT molecular complexity index is 2240. The summed E-state index contributed by atoms with van der Waals surface area (Å²) in [5.41, 5.74) is 2.23. The van der Waals surface area contributed by atoms with Crippen LogP contribution >= 0.6 is 0 Å². The molecule has 47 heavy (non-hydrogen) atoms. The second kappa shape index (κ2) is 13.2. The van der Waals surface area contributed by atoms with Gasteiger partial charge in [-0.05, 0) is 55.0 Å². The number of aromatic amines is 2. The zero-order valence-electron chi connectivity index (χ0n) is 25.1. The van der Waals surface area contributed by atoms with E-state index in [0.29, 0.717) is 66.5 Å². The van der Waals surface area contributed by atoms with E-state index in [-0.39, 0.29) is 55.1 Å². The molecule has 0 aliphatic rings. The molecule has 10 nitrogen and oxygen atoms in total. The number of anilines is 2. The fourth-order valence-corrected chi connectivity index (χ4v) is 5.51. The Morgan fingerprint density at radius 3 is 1.38 bits per heavy atom. The average molecular weight is 625 g/mol. The Morgan fingerprint density at radius 2 is 0.979 bits per heavy atom. The number of fused-ring (bicyclic) bond motifs is 4. The molecule has 0 aliphatic heterocycles. The smallest absolute Gasteiger partial charge is 0.224 e. The van der Waals surface area contributed by atoms with Gasteiger partial charge in [0, 0.05) is 34.4 Å². The fraction of sp³-hybridized carbons (Fsp3) is 0.135. The van der Waals surface area contributed by atoms with Crippen molar-refractivity contribution in [2.75, 3.05) is 23.8 Å². The fourth-order valence-electron chi connectivity index (χ4n) is 5.51. The number of para-hydroxylation sites is 4. The lowest BCUT2D eigenvalue weighted by atomic mass is 10.1. The molecule has 0 radical (unpaired) electrons. The SMILES string of the molecule is C#CCOc1cccc2c(=O)c3cccc(NC(=O)CCCC(=O)Nc4cccc5c(=O)c6cccc(OCC#C)c6[nH]c45)c3[nH]c12. The first kappa shape index (κ1) is 30.5. The number of H-pyrrole nitrogens is 2. The van der Waals surface area contributed by atoms with Gasteiger partial charge in [-0.15, -0.1) is 12.8 Å². The Kier molecular flexibility index (Phi) is 8.58. The maximum atomic E-state index is 13.3. The van der Waals surface area contributed by atoms with Gasteiger partial charge in [-0.3, -0.25) is 19.2 Å². The highest BCUT2D eigenvalue weighted by molar-refractivity contribution is 6.06. The Balaban J connectivity index is 1.16. The molecule has 6 aromatic rings. The number of rotatable bonds is 10. The average Bonchev–Trinajstić information content (AvgIpc) is 3.07. The molecule has 2 heterocycles. The summed E-state index contributed by atoms with van der Waals surface area (Å²) < 4.78 is 11.2. The number of hydrogen-bond acceptors (Lipinski definition) is 6. The van der Waals surface area contributed by atoms with Crippen LogP contribution in [-0.4, -0.2) is 35.0 Å². The molecule has 0 bridgehead atoms. The van der Waals surface area contributed by atoms with Gasteiger partial charge in [-0.1, -0.05) is 36.1 Å². The summed E-state index contributed by atoms with van der Waals surface area (Å²) in [7, 11) is 0. The molecule has 0 aliphatic carbocycles. The van der Waals surface area contributed by atoms with Crippen molar-refractivity contribution in [1.82, 2.24) is 9.97 Å². The van der Waals surface area contributed by atoms with Crippen molar-refractivity contribution in [3.63, 3.8) is 0 Å². The van der Waals surface area contributed by atoms with Crippen LogP contribution in [0, 0.1) is 24.7 Å². The van der Waals surface area contributed by atoms with E-state index >= 15 is 0 Å². The van der Waals surface area contributed by atoms with Crippen LogP contribution in [0.3, 0.4) is 0 Å². The zero-order chi connectivity index (χ0) is 32.9. The number of carbonyl (C=O) groups excluding carboxylic acids is 2. The van der Waals surface area contributed by atoms with E-state index < -0.39 is 0 Å². The van der Waals surface area contributed by atoms with E-state index in [2.05, 4.69) is 32.4 Å². The van der Waals surface area contributed by atoms with Gasteiger partial charge < -0.3 is 30.1 Å². The third kappa shape index (κ3) is 6.08.